The van der Waals surface area contributed by atoms with Crippen molar-refractivity contribution in [3.05, 3.63) is 63.1 Å². The number of nitriles is 1. The van der Waals surface area contributed by atoms with Crippen LogP contribution in [0, 0.1) is 29.9 Å². The number of hydrogen-bond acceptors (Lipinski definition) is 2. The maximum Gasteiger partial charge on any atom is 0.139 e. The first kappa shape index (κ1) is 14.5. The van der Waals surface area contributed by atoms with Gasteiger partial charge in [0.15, 0.2) is 0 Å². The van der Waals surface area contributed by atoms with Gasteiger partial charge < -0.3 is 5.32 Å². The van der Waals surface area contributed by atoms with Crippen LogP contribution in [0.1, 0.15) is 16.7 Å². The van der Waals surface area contributed by atoms with Crippen LogP contribution in [0.5, 0.6) is 0 Å². The standard InChI is InChI=1S/C15H11BrF2N2/c1-9-2-13(16)14(18)6-15(9)20-8-11-3-10(7-19)4-12(17)5-11/h2-6,20H,8H2,1H3. The Balaban J connectivity index is 2.19. The van der Waals surface area contributed by atoms with Gasteiger partial charge in [-0.3, -0.25) is 0 Å². The Kier molecular flexibility index (Phi) is 4.35. The summed E-state index contributed by atoms with van der Waals surface area (Å²) in [5.74, 6) is -0.824. The first-order valence-electron chi connectivity index (χ1n) is 5.88. The minimum absolute atomic E-state index is 0.264. The zero-order valence-electron chi connectivity index (χ0n) is 10.7. The molecule has 0 amide bonds. The van der Waals surface area contributed by atoms with Crippen molar-refractivity contribution in [1.29, 1.82) is 5.26 Å². The fourth-order valence-corrected chi connectivity index (χ4v) is 2.31. The van der Waals surface area contributed by atoms with Crippen molar-refractivity contribution in [2.24, 2.45) is 0 Å². The molecule has 0 aromatic heterocycles. The highest BCUT2D eigenvalue weighted by Crippen LogP contribution is 2.24. The van der Waals surface area contributed by atoms with Gasteiger partial charge in [-0.25, -0.2) is 8.78 Å². The third-order valence-corrected chi connectivity index (χ3v) is 3.44. The molecule has 2 rings (SSSR count). The van der Waals surface area contributed by atoms with Gasteiger partial charge in [-0.2, -0.15) is 5.26 Å². The summed E-state index contributed by atoms with van der Waals surface area (Å²) in [6, 6.07) is 9.07. The van der Waals surface area contributed by atoms with Crippen molar-refractivity contribution in [2.45, 2.75) is 13.5 Å². The molecule has 2 aromatic carbocycles. The van der Waals surface area contributed by atoms with E-state index in [2.05, 4.69) is 21.2 Å². The largest absolute Gasteiger partial charge is 0.381 e. The van der Waals surface area contributed by atoms with Gasteiger partial charge in [0.1, 0.15) is 11.6 Å². The third-order valence-electron chi connectivity index (χ3n) is 2.84. The molecular weight excluding hydrogens is 326 g/mol. The number of nitrogens with zero attached hydrogens (tertiary/aromatic N) is 1. The lowest BCUT2D eigenvalue weighted by atomic mass is 10.1. The van der Waals surface area contributed by atoms with Gasteiger partial charge in [0, 0.05) is 12.2 Å². The summed E-state index contributed by atoms with van der Waals surface area (Å²) in [6.45, 7) is 2.16. The summed E-state index contributed by atoms with van der Waals surface area (Å²) >= 11 is 3.12. The van der Waals surface area contributed by atoms with Crippen LogP contribution in [0.25, 0.3) is 0 Å². The Morgan fingerprint density at radius 2 is 1.95 bits per heavy atom. The molecule has 0 bridgehead atoms. The summed E-state index contributed by atoms with van der Waals surface area (Å²) in [5.41, 5.74) is 2.40. The molecule has 20 heavy (non-hydrogen) atoms. The SMILES string of the molecule is Cc1cc(Br)c(F)cc1NCc1cc(F)cc(C#N)c1. The molecule has 2 aromatic rings. The molecule has 0 spiro atoms. The van der Waals surface area contributed by atoms with E-state index in [0.29, 0.717) is 22.3 Å². The number of aryl methyl sites for hydroxylation is 1. The van der Waals surface area contributed by atoms with Crippen LogP contribution in [0.4, 0.5) is 14.5 Å². The fraction of sp³-hybridized carbons (Fsp3) is 0.133. The Labute approximate surface area is 124 Å². The zero-order chi connectivity index (χ0) is 14.7. The number of nitrogens with one attached hydrogen (secondary N) is 1. The minimum Gasteiger partial charge on any atom is -0.381 e. The number of rotatable bonds is 3. The van der Waals surface area contributed by atoms with E-state index in [1.165, 1.54) is 18.2 Å². The lowest BCUT2D eigenvalue weighted by molar-refractivity contribution is 0.620. The van der Waals surface area contributed by atoms with Crippen LogP contribution >= 0.6 is 15.9 Å². The lowest BCUT2D eigenvalue weighted by Gasteiger charge is -2.11. The van der Waals surface area contributed by atoms with Crippen LogP contribution in [-0.4, -0.2) is 0 Å². The molecule has 2 nitrogen and oxygen atoms in total. The van der Waals surface area contributed by atoms with Gasteiger partial charge in [-0.15, -0.1) is 0 Å². The molecule has 0 atom stereocenters. The summed E-state index contributed by atoms with van der Waals surface area (Å²) in [5, 5.41) is 11.8. The first-order chi connectivity index (χ1) is 9.49. The maximum atomic E-state index is 13.5. The van der Waals surface area contributed by atoms with Crippen LogP contribution < -0.4 is 5.32 Å². The summed E-state index contributed by atoms with van der Waals surface area (Å²) < 4.78 is 27.2. The van der Waals surface area contributed by atoms with Crippen LogP contribution in [0.15, 0.2) is 34.8 Å². The molecule has 0 heterocycles. The van der Waals surface area contributed by atoms with Crippen LogP contribution in [0.2, 0.25) is 0 Å². The molecule has 0 aliphatic heterocycles. The second-order valence-electron chi connectivity index (χ2n) is 4.39. The van der Waals surface area contributed by atoms with Crippen molar-refractivity contribution in [1.82, 2.24) is 0 Å². The molecule has 0 fully saturated rings. The molecule has 5 heteroatoms. The molecule has 0 aliphatic carbocycles. The Morgan fingerprint density at radius 1 is 1.20 bits per heavy atom. The normalized spacial score (nSPS) is 10.2. The Hall–Kier alpha value is -1.93. The quantitative estimate of drug-likeness (QED) is 0.894. The van der Waals surface area contributed by atoms with Gasteiger partial charge in [0.25, 0.3) is 0 Å². The fourth-order valence-electron chi connectivity index (χ4n) is 1.85. The van der Waals surface area contributed by atoms with E-state index in [4.69, 9.17) is 5.26 Å². The van der Waals surface area contributed by atoms with Crippen molar-refractivity contribution in [3.8, 4) is 6.07 Å². The topological polar surface area (TPSA) is 35.8 Å². The minimum atomic E-state index is -0.459. The number of hydrogen-bond donors (Lipinski definition) is 1. The van der Waals surface area contributed by atoms with E-state index < -0.39 is 5.82 Å². The maximum absolute atomic E-state index is 13.5. The van der Waals surface area contributed by atoms with E-state index in [0.717, 1.165) is 5.56 Å². The predicted octanol–water partition coefficient (Wildman–Crippen LogP) is 4.52. The number of halogens is 3. The van der Waals surface area contributed by atoms with Gasteiger partial charge in [0.2, 0.25) is 0 Å². The monoisotopic (exact) mass is 336 g/mol. The molecule has 0 radical (unpaired) electrons. The molecule has 0 saturated heterocycles. The van der Waals surface area contributed by atoms with Gasteiger partial charge in [-0.05, 0) is 64.3 Å². The van der Waals surface area contributed by atoms with Gasteiger partial charge >= 0.3 is 0 Å². The highest BCUT2D eigenvalue weighted by molar-refractivity contribution is 9.10. The molecule has 102 valence electrons. The van der Waals surface area contributed by atoms with E-state index >= 15 is 0 Å². The summed E-state index contributed by atoms with van der Waals surface area (Å²) in [7, 11) is 0. The molecular formula is C15H11BrF2N2. The smallest absolute Gasteiger partial charge is 0.139 e. The second-order valence-corrected chi connectivity index (χ2v) is 5.25. The number of benzene rings is 2. The van der Waals surface area contributed by atoms with Crippen molar-refractivity contribution in [3.63, 3.8) is 0 Å². The highest BCUT2D eigenvalue weighted by atomic mass is 79.9. The van der Waals surface area contributed by atoms with E-state index in [-0.39, 0.29) is 11.4 Å². The molecule has 0 saturated carbocycles. The summed E-state index contributed by atoms with van der Waals surface area (Å²) in [6.07, 6.45) is 0. The van der Waals surface area contributed by atoms with E-state index in [1.807, 2.05) is 13.0 Å². The molecule has 0 aliphatic rings. The van der Waals surface area contributed by atoms with E-state index in [9.17, 15) is 8.78 Å². The highest BCUT2D eigenvalue weighted by Gasteiger charge is 2.06. The average molecular weight is 337 g/mol. The zero-order valence-corrected chi connectivity index (χ0v) is 12.3. The molecule has 0 unspecified atom stereocenters. The first-order valence-corrected chi connectivity index (χ1v) is 6.68. The third kappa shape index (κ3) is 3.34. The average Bonchev–Trinajstić information content (AvgIpc) is 2.40. The van der Waals surface area contributed by atoms with Gasteiger partial charge in [0.05, 0.1) is 16.1 Å². The lowest BCUT2D eigenvalue weighted by Crippen LogP contribution is -2.02. The second kappa shape index (κ2) is 6.02. The van der Waals surface area contributed by atoms with Crippen molar-refractivity contribution < 1.29 is 8.78 Å². The van der Waals surface area contributed by atoms with Crippen LogP contribution in [0.3, 0.4) is 0 Å². The summed E-state index contributed by atoms with van der Waals surface area (Å²) in [4.78, 5) is 0. The Bertz CT molecular complexity index is 693. The predicted molar refractivity (Wildman–Crippen MR) is 77.3 cm³/mol. The van der Waals surface area contributed by atoms with E-state index in [1.54, 1.807) is 12.1 Å². The number of anilines is 1. The Morgan fingerprint density at radius 3 is 2.65 bits per heavy atom. The van der Waals surface area contributed by atoms with Crippen molar-refractivity contribution in [2.75, 3.05) is 5.32 Å². The van der Waals surface area contributed by atoms with Crippen molar-refractivity contribution >= 4 is 21.6 Å². The molecule has 1 N–H and O–H groups in total. The van der Waals surface area contributed by atoms with Crippen LogP contribution in [-0.2, 0) is 6.54 Å². The van der Waals surface area contributed by atoms with Gasteiger partial charge in [-0.1, -0.05) is 0 Å².